The van der Waals surface area contributed by atoms with Gasteiger partial charge in [0.05, 0.1) is 0 Å². The van der Waals surface area contributed by atoms with E-state index in [1.54, 1.807) is 0 Å². The summed E-state index contributed by atoms with van der Waals surface area (Å²) >= 11 is 3.78. The predicted octanol–water partition coefficient (Wildman–Crippen LogP) is 5.12. The van der Waals surface area contributed by atoms with Gasteiger partial charge in [-0.15, -0.1) is 0 Å². The molecule has 2 aliphatic rings. The van der Waals surface area contributed by atoms with Crippen LogP contribution in [0.5, 0.6) is 0 Å². The molecule has 23 heavy (non-hydrogen) atoms. The van der Waals surface area contributed by atoms with Gasteiger partial charge in [-0.2, -0.15) is 0 Å². The third kappa shape index (κ3) is 3.81. The average molecular weight is 378 g/mol. The molecule has 1 unspecified atom stereocenters. The highest BCUT2D eigenvalue weighted by Crippen LogP contribution is 2.34. The fourth-order valence-electron chi connectivity index (χ4n) is 3.84. The van der Waals surface area contributed by atoms with Crippen molar-refractivity contribution in [3.63, 3.8) is 0 Å². The van der Waals surface area contributed by atoms with Crippen LogP contribution >= 0.6 is 15.9 Å². The van der Waals surface area contributed by atoms with Crippen LogP contribution in [-0.2, 0) is 17.6 Å². The molecule has 3 rings (SSSR count). The highest BCUT2D eigenvalue weighted by atomic mass is 79.9. The number of carbonyl (C=O) groups excluding carboxylic acids is 1. The van der Waals surface area contributed by atoms with Crippen LogP contribution in [-0.4, -0.2) is 17.3 Å². The number of alkyl halides is 1. The van der Waals surface area contributed by atoms with Crippen molar-refractivity contribution < 1.29 is 4.79 Å². The first-order valence-electron chi connectivity index (χ1n) is 9.13. The van der Waals surface area contributed by atoms with Gasteiger partial charge in [0, 0.05) is 23.0 Å². The summed E-state index contributed by atoms with van der Waals surface area (Å²) in [4.78, 5) is 15.4. The molecule has 0 aromatic heterocycles. The molecular formula is C20H28BrNO. The minimum absolute atomic E-state index is 0.266. The van der Waals surface area contributed by atoms with Crippen LogP contribution in [0.15, 0.2) is 18.2 Å². The third-order valence-electron chi connectivity index (χ3n) is 5.41. The van der Waals surface area contributed by atoms with Gasteiger partial charge in [-0.25, -0.2) is 0 Å². The number of anilines is 1. The van der Waals surface area contributed by atoms with E-state index in [1.807, 2.05) is 0 Å². The summed E-state index contributed by atoms with van der Waals surface area (Å²) < 4.78 is 0. The van der Waals surface area contributed by atoms with Crippen LogP contribution in [0.25, 0.3) is 0 Å². The van der Waals surface area contributed by atoms with Crippen molar-refractivity contribution >= 4 is 27.5 Å². The van der Waals surface area contributed by atoms with Gasteiger partial charge in [0.25, 0.3) is 0 Å². The molecule has 1 fully saturated rings. The highest BCUT2D eigenvalue weighted by molar-refractivity contribution is 9.09. The Kier molecular flexibility index (Phi) is 5.45. The molecule has 1 amide bonds. The molecule has 0 bridgehead atoms. The van der Waals surface area contributed by atoms with Crippen molar-refractivity contribution in [2.24, 2.45) is 11.8 Å². The Bertz CT molecular complexity index is 563. The average Bonchev–Trinajstić information content (AvgIpc) is 2.98. The van der Waals surface area contributed by atoms with E-state index in [0.717, 1.165) is 32.2 Å². The van der Waals surface area contributed by atoms with E-state index in [2.05, 4.69) is 52.9 Å². The van der Waals surface area contributed by atoms with Gasteiger partial charge >= 0.3 is 0 Å². The summed E-state index contributed by atoms with van der Waals surface area (Å²) in [5, 5.41) is 0. The van der Waals surface area contributed by atoms with E-state index in [0.29, 0.717) is 16.7 Å². The quantitative estimate of drug-likeness (QED) is 0.666. The van der Waals surface area contributed by atoms with Crippen molar-refractivity contribution in [3.8, 4) is 0 Å². The van der Waals surface area contributed by atoms with Gasteiger partial charge in [0.1, 0.15) is 0 Å². The molecule has 1 aliphatic heterocycles. The summed E-state index contributed by atoms with van der Waals surface area (Å²) in [5.41, 5.74) is 3.90. The Morgan fingerprint density at radius 3 is 2.70 bits per heavy atom. The summed E-state index contributed by atoms with van der Waals surface area (Å²) in [6.45, 7) is 5.37. The molecule has 1 aliphatic carbocycles. The fraction of sp³-hybridized carbons (Fsp3) is 0.650. The monoisotopic (exact) mass is 377 g/mol. The van der Waals surface area contributed by atoms with Crippen molar-refractivity contribution in [2.45, 2.75) is 63.6 Å². The lowest BCUT2D eigenvalue weighted by Gasteiger charge is -2.26. The summed E-state index contributed by atoms with van der Waals surface area (Å²) in [7, 11) is 0. The number of nitrogens with zero attached hydrogens (tertiary/aromatic N) is 1. The van der Waals surface area contributed by atoms with Crippen LogP contribution < -0.4 is 4.90 Å². The molecule has 0 saturated heterocycles. The van der Waals surface area contributed by atoms with E-state index < -0.39 is 0 Å². The van der Waals surface area contributed by atoms with Gasteiger partial charge in [-0.3, -0.25) is 4.79 Å². The Morgan fingerprint density at radius 1 is 1.26 bits per heavy atom. The lowest BCUT2D eigenvalue weighted by molar-refractivity contribution is -0.123. The van der Waals surface area contributed by atoms with Crippen LogP contribution in [0.1, 0.15) is 57.1 Å². The first-order chi connectivity index (χ1) is 11.1. The number of hydrogen-bond donors (Lipinski definition) is 0. The highest BCUT2D eigenvalue weighted by Gasteiger charge is 2.31. The SMILES string of the molecule is CC(C)C(Br)Cc1ccc2c(c1)CCN2C(=O)C1CCCCC1. The lowest BCUT2D eigenvalue weighted by atomic mass is 9.88. The molecule has 3 heteroatoms. The minimum Gasteiger partial charge on any atom is -0.312 e. The molecule has 1 heterocycles. The van der Waals surface area contributed by atoms with Gasteiger partial charge in [-0.05, 0) is 48.8 Å². The Hall–Kier alpha value is -0.830. The molecule has 1 aromatic rings. The van der Waals surface area contributed by atoms with E-state index in [1.165, 1.54) is 36.1 Å². The molecule has 0 N–H and O–H groups in total. The topological polar surface area (TPSA) is 20.3 Å². The van der Waals surface area contributed by atoms with Gasteiger partial charge < -0.3 is 4.90 Å². The molecule has 1 aromatic carbocycles. The van der Waals surface area contributed by atoms with E-state index in [9.17, 15) is 4.79 Å². The van der Waals surface area contributed by atoms with Crippen LogP contribution in [0.4, 0.5) is 5.69 Å². The Morgan fingerprint density at radius 2 is 2.00 bits per heavy atom. The number of rotatable bonds is 4. The number of halogens is 1. The second-order valence-corrected chi connectivity index (χ2v) is 8.68. The molecule has 0 spiro atoms. The van der Waals surface area contributed by atoms with Gasteiger partial charge in [-0.1, -0.05) is 61.2 Å². The fourth-order valence-corrected chi connectivity index (χ4v) is 4.22. The number of amides is 1. The minimum atomic E-state index is 0.266. The summed E-state index contributed by atoms with van der Waals surface area (Å²) in [5.74, 6) is 1.27. The molecule has 1 atom stereocenters. The predicted molar refractivity (Wildman–Crippen MR) is 100 cm³/mol. The zero-order chi connectivity index (χ0) is 16.4. The van der Waals surface area contributed by atoms with Crippen molar-refractivity contribution in [3.05, 3.63) is 29.3 Å². The van der Waals surface area contributed by atoms with E-state index >= 15 is 0 Å². The first-order valence-corrected chi connectivity index (χ1v) is 10.0. The second kappa shape index (κ2) is 7.38. The maximum absolute atomic E-state index is 12.8. The van der Waals surface area contributed by atoms with Crippen molar-refractivity contribution in [1.29, 1.82) is 0 Å². The first kappa shape index (κ1) is 17.0. The number of carbonyl (C=O) groups is 1. The Labute approximate surface area is 148 Å². The van der Waals surface area contributed by atoms with Crippen LogP contribution in [0.3, 0.4) is 0 Å². The number of fused-ring (bicyclic) bond motifs is 1. The third-order valence-corrected chi connectivity index (χ3v) is 6.80. The lowest BCUT2D eigenvalue weighted by Crippen LogP contribution is -2.35. The Balaban J connectivity index is 1.72. The van der Waals surface area contributed by atoms with Gasteiger partial charge in [0.15, 0.2) is 0 Å². The van der Waals surface area contributed by atoms with Gasteiger partial charge in [0.2, 0.25) is 5.91 Å². The van der Waals surface area contributed by atoms with Crippen molar-refractivity contribution in [1.82, 2.24) is 0 Å². The molecule has 0 radical (unpaired) electrons. The number of hydrogen-bond acceptors (Lipinski definition) is 1. The zero-order valence-corrected chi connectivity index (χ0v) is 15.9. The number of benzene rings is 1. The summed E-state index contributed by atoms with van der Waals surface area (Å²) in [6.07, 6.45) is 7.98. The summed E-state index contributed by atoms with van der Waals surface area (Å²) in [6, 6.07) is 6.71. The van der Waals surface area contributed by atoms with E-state index in [4.69, 9.17) is 0 Å². The van der Waals surface area contributed by atoms with Crippen molar-refractivity contribution in [2.75, 3.05) is 11.4 Å². The maximum Gasteiger partial charge on any atom is 0.230 e. The largest absolute Gasteiger partial charge is 0.312 e. The van der Waals surface area contributed by atoms with E-state index in [-0.39, 0.29) is 5.92 Å². The standard InChI is InChI=1S/C20H28BrNO/c1-14(2)18(21)13-15-8-9-19-17(12-15)10-11-22(19)20(23)16-6-4-3-5-7-16/h8-9,12,14,16,18H,3-7,10-11,13H2,1-2H3. The maximum atomic E-state index is 12.8. The molecule has 2 nitrogen and oxygen atoms in total. The second-order valence-electron chi connectivity index (χ2n) is 7.50. The zero-order valence-electron chi connectivity index (χ0n) is 14.4. The molecule has 1 saturated carbocycles. The van der Waals surface area contributed by atoms with Crippen LogP contribution in [0, 0.1) is 11.8 Å². The normalized spacial score (nSPS) is 19.9. The molecule has 126 valence electrons. The smallest absolute Gasteiger partial charge is 0.230 e. The molecular weight excluding hydrogens is 350 g/mol. The van der Waals surface area contributed by atoms with Crippen LogP contribution in [0.2, 0.25) is 0 Å².